The zero-order chi connectivity index (χ0) is 13.9. The van der Waals surface area contributed by atoms with Crippen LogP contribution in [0.1, 0.15) is 33.7 Å². The highest BCUT2D eigenvalue weighted by atomic mass is 32.2. The van der Waals surface area contributed by atoms with Crippen LogP contribution in [0.15, 0.2) is 33.4 Å². The summed E-state index contributed by atoms with van der Waals surface area (Å²) in [6.45, 7) is 3.23. The molecule has 0 bridgehead atoms. The molecule has 0 aliphatic carbocycles. The van der Waals surface area contributed by atoms with Crippen LogP contribution in [0.25, 0.3) is 0 Å². The van der Waals surface area contributed by atoms with E-state index in [1.54, 1.807) is 19.3 Å². The van der Waals surface area contributed by atoms with Gasteiger partial charge in [-0.1, -0.05) is 5.16 Å². The van der Waals surface area contributed by atoms with Crippen molar-refractivity contribution in [3.63, 3.8) is 0 Å². The fourth-order valence-corrected chi connectivity index (χ4v) is 3.49. The summed E-state index contributed by atoms with van der Waals surface area (Å²) in [6.07, 6.45) is 2.59. The van der Waals surface area contributed by atoms with Crippen LogP contribution < -0.4 is 0 Å². The van der Waals surface area contributed by atoms with Gasteiger partial charge in [-0.05, 0) is 25.5 Å². The Bertz CT molecular complexity index is 579. The molecule has 106 valence electrons. The van der Waals surface area contributed by atoms with Crippen LogP contribution in [0.3, 0.4) is 0 Å². The van der Waals surface area contributed by atoms with Crippen LogP contribution in [-0.4, -0.2) is 34.8 Å². The lowest BCUT2D eigenvalue weighted by atomic mass is 10.2. The van der Waals surface area contributed by atoms with E-state index in [4.69, 9.17) is 8.94 Å². The molecule has 3 rings (SSSR count). The molecule has 1 saturated heterocycles. The largest absolute Gasteiger partial charge is 0.468 e. The number of hydrogen-bond donors (Lipinski definition) is 0. The average Bonchev–Trinajstić information content (AvgIpc) is 3.05. The van der Waals surface area contributed by atoms with E-state index < -0.39 is 0 Å². The van der Waals surface area contributed by atoms with Gasteiger partial charge < -0.3 is 13.8 Å². The van der Waals surface area contributed by atoms with Crippen LogP contribution >= 0.6 is 11.8 Å². The zero-order valence-corrected chi connectivity index (χ0v) is 12.1. The van der Waals surface area contributed by atoms with Gasteiger partial charge in [-0.3, -0.25) is 4.79 Å². The maximum absolute atomic E-state index is 12.3. The van der Waals surface area contributed by atoms with Gasteiger partial charge in [-0.2, -0.15) is 0 Å². The van der Waals surface area contributed by atoms with E-state index in [2.05, 4.69) is 5.16 Å². The van der Waals surface area contributed by atoms with E-state index in [9.17, 15) is 4.79 Å². The SMILES string of the molecule is Cc1cc(C(=O)N2CCS[C@@H](c3ccco3)CC2)no1. The number of rotatable bonds is 2. The van der Waals surface area contributed by atoms with Crippen molar-refractivity contribution in [1.82, 2.24) is 10.1 Å². The first kappa shape index (κ1) is 13.3. The minimum Gasteiger partial charge on any atom is -0.468 e. The Balaban J connectivity index is 1.66. The topological polar surface area (TPSA) is 59.5 Å². The molecule has 5 nitrogen and oxygen atoms in total. The van der Waals surface area contributed by atoms with Crippen molar-refractivity contribution >= 4 is 17.7 Å². The van der Waals surface area contributed by atoms with Crippen molar-refractivity contribution in [2.75, 3.05) is 18.8 Å². The lowest BCUT2D eigenvalue weighted by molar-refractivity contribution is 0.0755. The second kappa shape index (κ2) is 5.75. The average molecular weight is 292 g/mol. The molecule has 1 atom stereocenters. The Morgan fingerprint density at radius 1 is 1.50 bits per heavy atom. The first-order valence-electron chi connectivity index (χ1n) is 6.61. The Labute approximate surface area is 121 Å². The van der Waals surface area contributed by atoms with Gasteiger partial charge in [0.25, 0.3) is 5.91 Å². The number of carbonyl (C=O) groups is 1. The monoisotopic (exact) mass is 292 g/mol. The lowest BCUT2D eigenvalue weighted by Crippen LogP contribution is -2.33. The van der Waals surface area contributed by atoms with Crippen molar-refractivity contribution in [2.24, 2.45) is 0 Å². The number of furan rings is 1. The Hall–Kier alpha value is -1.69. The maximum atomic E-state index is 12.3. The number of carbonyl (C=O) groups excluding carboxylic acids is 1. The van der Waals surface area contributed by atoms with Gasteiger partial charge in [0.15, 0.2) is 5.69 Å². The third-order valence-corrected chi connectivity index (χ3v) is 4.62. The standard InChI is InChI=1S/C14H16N2O3S/c1-10-9-11(15-19-10)14(17)16-5-4-13(20-8-6-16)12-3-2-7-18-12/h2-3,7,9,13H,4-6,8H2,1H3/t13-/m1/s1. The minimum absolute atomic E-state index is 0.0532. The van der Waals surface area contributed by atoms with E-state index >= 15 is 0 Å². The van der Waals surface area contributed by atoms with E-state index in [0.717, 1.165) is 24.5 Å². The zero-order valence-electron chi connectivity index (χ0n) is 11.2. The quantitative estimate of drug-likeness (QED) is 0.851. The summed E-state index contributed by atoms with van der Waals surface area (Å²) in [5.41, 5.74) is 0.393. The van der Waals surface area contributed by atoms with Crippen molar-refractivity contribution in [2.45, 2.75) is 18.6 Å². The second-order valence-corrected chi connectivity index (χ2v) is 6.09. The number of aryl methyl sites for hydroxylation is 1. The van der Waals surface area contributed by atoms with E-state index in [1.165, 1.54) is 0 Å². The Morgan fingerprint density at radius 3 is 3.10 bits per heavy atom. The molecule has 2 aromatic heterocycles. The van der Waals surface area contributed by atoms with Gasteiger partial charge >= 0.3 is 0 Å². The fraction of sp³-hybridized carbons (Fsp3) is 0.429. The van der Waals surface area contributed by atoms with Crippen LogP contribution in [0.4, 0.5) is 0 Å². The van der Waals surface area contributed by atoms with Gasteiger partial charge in [0.1, 0.15) is 11.5 Å². The summed E-state index contributed by atoms with van der Waals surface area (Å²) in [6, 6.07) is 5.59. The molecule has 1 aliphatic rings. The molecule has 6 heteroatoms. The molecule has 0 aromatic carbocycles. The summed E-state index contributed by atoms with van der Waals surface area (Å²) in [7, 11) is 0. The molecule has 1 aliphatic heterocycles. The van der Waals surface area contributed by atoms with Crippen LogP contribution in [0.2, 0.25) is 0 Å². The first-order chi connectivity index (χ1) is 9.74. The normalized spacial score (nSPS) is 19.9. The van der Waals surface area contributed by atoms with Crippen molar-refractivity contribution in [3.05, 3.63) is 41.7 Å². The van der Waals surface area contributed by atoms with Crippen LogP contribution in [0, 0.1) is 6.92 Å². The molecule has 1 amide bonds. The highest BCUT2D eigenvalue weighted by Crippen LogP contribution is 2.34. The number of aromatic nitrogens is 1. The van der Waals surface area contributed by atoms with Gasteiger partial charge in [0.05, 0.1) is 11.5 Å². The van der Waals surface area contributed by atoms with Crippen molar-refractivity contribution in [1.29, 1.82) is 0 Å². The molecule has 3 heterocycles. The summed E-state index contributed by atoms with van der Waals surface area (Å²) >= 11 is 1.83. The van der Waals surface area contributed by atoms with Gasteiger partial charge in [0, 0.05) is 24.9 Å². The second-order valence-electron chi connectivity index (χ2n) is 4.78. The summed E-state index contributed by atoms with van der Waals surface area (Å²) < 4.78 is 10.4. The van der Waals surface area contributed by atoms with E-state index in [0.29, 0.717) is 23.2 Å². The van der Waals surface area contributed by atoms with Crippen LogP contribution in [-0.2, 0) is 0 Å². The van der Waals surface area contributed by atoms with Gasteiger partial charge in [0.2, 0.25) is 0 Å². The first-order valence-corrected chi connectivity index (χ1v) is 7.66. The smallest absolute Gasteiger partial charge is 0.276 e. The highest BCUT2D eigenvalue weighted by molar-refractivity contribution is 7.99. The van der Waals surface area contributed by atoms with Crippen molar-refractivity contribution in [3.8, 4) is 0 Å². The summed E-state index contributed by atoms with van der Waals surface area (Å²) in [5.74, 6) is 2.49. The third-order valence-electron chi connectivity index (χ3n) is 3.34. The number of hydrogen-bond acceptors (Lipinski definition) is 5. The predicted octanol–water partition coefficient (Wildman–Crippen LogP) is 2.90. The predicted molar refractivity (Wildman–Crippen MR) is 75.7 cm³/mol. The molecular weight excluding hydrogens is 276 g/mol. The van der Waals surface area contributed by atoms with Gasteiger partial charge in [-0.15, -0.1) is 11.8 Å². The molecule has 20 heavy (non-hydrogen) atoms. The molecule has 0 radical (unpaired) electrons. The van der Waals surface area contributed by atoms with E-state index in [1.807, 2.05) is 28.8 Å². The number of nitrogens with zero attached hydrogens (tertiary/aromatic N) is 2. The van der Waals surface area contributed by atoms with Gasteiger partial charge in [-0.25, -0.2) is 0 Å². The van der Waals surface area contributed by atoms with E-state index in [-0.39, 0.29) is 5.91 Å². The minimum atomic E-state index is -0.0532. The fourth-order valence-electron chi connectivity index (χ4n) is 2.30. The Kier molecular flexibility index (Phi) is 3.82. The lowest BCUT2D eigenvalue weighted by Gasteiger charge is -2.18. The molecular formula is C14H16N2O3S. The van der Waals surface area contributed by atoms with Crippen LogP contribution in [0.5, 0.6) is 0 Å². The molecule has 2 aromatic rings. The number of amides is 1. The summed E-state index contributed by atoms with van der Waals surface area (Å²) in [4.78, 5) is 14.2. The molecule has 0 spiro atoms. The molecule has 1 fully saturated rings. The summed E-state index contributed by atoms with van der Waals surface area (Å²) in [5, 5.41) is 4.12. The molecule has 0 N–H and O–H groups in total. The third kappa shape index (κ3) is 2.75. The molecule has 0 saturated carbocycles. The highest BCUT2D eigenvalue weighted by Gasteiger charge is 2.25. The maximum Gasteiger partial charge on any atom is 0.276 e. The van der Waals surface area contributed by atoms with Crippen molar-refractivity contribution < 1.29 is 13.7 Å². The Morgan fingerprint density at radius 2 is 2.40 bits per heavy atom. The molecule has 0 unspecified atom stereocenters. The number of thioether (sulfide) groups is 1.